The van der Waals surface area contributed by atoms with Gasteiger partial charge < -0.3 is 54.8 Å². The Morgan fingerprint density at radius 3 is 1.97 bits per heavy atom. The van der Waals surface area contributed by atoms with E-state index in [1.807, 2.05) is 41.3 Å². The van der Waals surface area contributed by atoms with E-state index in [0.29, 0.717) is 114 Å². The van der Waals surface area contributed by atoms with Gasteiger partial charge in [-0.25, -0.2) is 4.68 Å². The number of imide groups is 1. The minimum absolute atomic E-state index is 0.0524. The molecule has 2 aromatic heterocycles. The summed E-state index contributed by atoms with van der Waals surface area (Å²) in [7, 11) is 0. The van der Waals surface area contributed by atoms with Crippen molar-refractivity contribution in [3.63, 3.8) is 0 Å². The molecule has 21 nitrogen and oxygen atoms in total. The quantitative estimate of drug-likeness (QED) is 0.0320. The molecule has 1 atom stereocenters. The molecule has 6 amide bonds. The molecule has 5 N–H and O–H groups in total. The first-order chi connectivity index (χ1) is 37.0. The highest BCUT2D eigenvalue weighted by molar-refractivity contribution is 6.38. The summed E-state index contributed by atoms with van der Waals surface area (Å²) in [5.74, 6) is -1.48. The van der Waals surface area contributed by atoms with E-state index >= 15 is 0 Å². The van der Waals surface area contributed by atoms with Crippen molar-refractivity contribution in [1.29, 1.82) is 0 Å². The molecule has 76 heavy (non-hydrogen) atoms. The number of pyridine rings is 1. The first kappa shape index (κ1) is 56.7. The maximum atomic E-state index is 13.6. The third kappa shape index (κ3) is 17.5. The van der Waals surface area contributed by atoms with Crippen LogP contribution in [0.1, 0.15) is 46.5 Å². The number of nitrogens with zero attached hydrogens (tertiary/aromatic N) is 5. The molecule has 2 aliphatic heterocycles. The van der Waals surface area contributed by atoms with Crippen molar-refractivity contribution < 1.29 is 52.5 Å². The van der Waals surface area contributed by atoms with Crippen LogP contribution in [0.5, 0.6) is 0 Å². The fourth-order valence-corrected chi connectivity index (χ4v) is 8.58. The van der Waals surface area contributed by atoms with Crippen LogP contribution in [0, 0.1) is 0 Å². The molecule has 2 fully saturated rings. The van der Waals surface area contributed by atoms with Crippen LogP contribution in [0.2, 0.25) is 10.0 Å². The smallest absolute Gasteiger partial charge is 0.271 e. The zero-order valence-electron chi connectivity index (χ0n) is 41.9. The number of halogens is 2. The van der Waals surface area contributed by atoms with Gasteiger partial charge in [0.05, 0.1) is 99.5 Å². The standard InChI is InChI=1S/C53H62Cl2N10O11/c54-42-35-43(55)41(34-40(42)44-8-4-5-17-56-44)51(69)60-47-36-46(62-65(47)39-6-2-1-3-7-39)52(70)58-19-27-74-26-18-57-48(66)15-24-72-28-30-75-32-33-76-31-29-73-25-16-50(68)64-22-20-63(21-23-64)38-11-9-37(10-12-38)59-45-13-14-49(67)61-53(45)71/h1-12,17,34-36,45,59H,13-16,18-33H2,(H,57,66)(H,58,70)(H,60,69)(H,61,67,71). The molecule has 2 saturated heterocycles. The average Bonchev–Trinajstić information content (AvgIpc) is 3.85. The number of nitrogens with one attached hydrogen (secondary N) is 5. The number of anilines is 3. The first-order valence-electron chi connectivity index (χ1n) is 25.1. The number of piperazine rings is 1. The van der Waals surface area contributed by atoms with E-state index < -0.39 is 17.9 Å². The van der Waals surface area contributed by atoms with E-state index in [1.165, 1.54) is 16.8 Å². The minimum Gasteiger partial charge on any atom is -0.379 e. The number of amides is 6. The van der Waals surface area contributed by atoms with Gasteiger partial charge in [0.25, 0.3) is 11.8 Å². The Morgan fingerprint density at radius 2 is 1.30 bits per heavy atom. The minimum atomic E-state index is -0.543. The summed E-state index contributed by atoms with van der Waals surface area (Å²) in [6.07, 6.45) is 2.87. The van der Waals surface area contributed by atoms with Gasteiger partial charge in [0.2, 0.25) is 23.6 Å². The second-order valence-electron chi connectivity index (χ2n) is 17.4. The first-order valence-corrected chi connectivity index (χ1v) is 25.8. The number of hydrogen-bond acceptors (Lipinski definition) is 15. The van der Waals surface area contributed by atoms with Gasteiger partial charge >= 0.3 is 0 Å². The van der Waals surface area contributed by atoms with Gasteiger partial charge in [-0.2, -0.15) is 5.10 Å². The number of carbonyl (C=O) groups excluding carboxylic acids is 6. The summed E-state index contributed by atoms with van der Waals surface area (Å²) in [6.45, 7) is 6.19. The Kier molecular flexibility index (Phi) is 22.4. The molecule has 5 aromatic rings. The van der Waals surface area contributed by atoms with Crippen molar-refractivity contribution in [1.82, 2.24) is 35.6 Å². The van der Waals surface area contributed by atoms with Crippen molar-refractivity contribution >= 4 is 75.8 Å². The van der Waals surface area contributed by atoms with E-state index in [4.69, 9.17) is 46.9 Å². The number of carbonyl (C=O) groups is 6. The second kappa shape index (κ2) is 29.9. The molecule has 0 radical (unpaired) electrons. The third-order valence-electron chi connectivity index (χ3n) is 12.0. The Morgan fingerprint density at radius 1 is 0.658 bits per heavy atom. The molecule has 7 rings (SSSR count). The van der Waals surface area contributed by atoms with Crippen LogP contribution in [0.3, 0.4) is 0 Å². The highest BCUT2D eigenvalue weighted by Crippen LogP contribution is 2.33. The summed E-state index contributed by atoms with van der Waals surface area (Å²) in [5, 5.41) is 18.8. The number of para-hydroxylation sites is 1. The summed E-state index contributed by atoms with van der Waals surface area (Å²) >= 11 is 12.9. The highest BCUT2D eigenvalue weighted by Gasteiger charge is 2.27. The molecule has 0 bridgehead atoms. The lowest BCUT2D eigenvalue weighted by molar-refractivity contribution is -0.134. The monoisotopic (exact) mass is 1080 g/mol. The van der Waals surface area contributed by atoms with Crippen LogP contribution in [-0.2, 0) is 42.9 Å². The lowest BCUT2D eigenvalue weighted by atomic mass is 10.1. The van der Waals surface area contributed by atoms with Gasteiger partial charge in [-0.05, 0) is 67.1 Å². The largest absolute Gasteiger partial charge is 0.379 e. The molecule has 2 aliphatic rings. The molecule has 1 unspecified atom stereocenters. The van der Waals surface area contributed by atoms with Crippen LogP contribution in [0.25, 0.3) is 16.9 Å². The van der Waals surface area contributed by atoms with Gasteiger partial charge in [0.15, 0.2) is 5.69 Å². The molecule has 0 spiro atoms. The van der Waals surface area contributed by atoms with Crippen LogP contribution >= 0.6 is 23.2 Å². The molecule has 4 heterocycles. The van der Waals surface area contributed by atoms with Gasteiger partial charge in [-0.3, -0.25) is 39.1 Å². The number of hydrogen-bond donors (Lipinski definition) is 5. The lowest BCUT2D eigenvalue weighted by Crippen LogP contribution is -2.49. The Bertz CT molecular complexity index is 2710. The van der Waals surface area contributed by atoms with Gasteiger partial charge in [-0.15, -0.1) is 0 Å². The molecule has 23 heteroatoms. The van der Waals surface area contributed by atoms with Crippen molar-refractivity contribution in [3.05, 3.63) is 118 Å². The van der Waals surface area contributed by atoms with Crippen LogP contribution in [0.15, 0.2) is 97.2 Å². The maximum absolute atomic E-state index is 13.6. The second-order valence-corrected chi connectivity index (χ2v) is 18.2. The summed E-state index contributed by atoms with van der Waals surface area (Å²) < 4.78 is 29.2. The molecular weight excluding hydrogens is 1020 g/mol. The van der Waals surface area contributed by atoms with Crippen molar-refractivity contribution in [2.75, 3.05) is 121 Å². The molecule has 404 valence electrons. The van der Waals surface area contributed by atoms with E-state index in [9.17, 15) is 28.8 Å². The van der Waals surface area contributed by atoms with Crippen molar-refractivity contribution in [2.24, 2.45) is 0 Å². The Hall–Kier alpha value is -6.98. The predicted octanol–water partition coefficient (Wildman–Crippen LogP) is 4.77. The Balaban J connectivity index is 0.660. The number of aromatic nitrogens is 3. The number of rotatable bonds is 29. The summed E-state index contributed by atoms with van der Waals surface area (Å²) in [6, 6.07) is 26.3. The average molecular weight is 1090 g/mol. The van der Waals surface area contributed by atoms with E-state index in [1.54, 1.807) is 48.7 Å². The van der Waals surface area contributed by atoms with Crippen LogP contribution in [0.4, 0.5) is 17.2 Å². The highest BCUT2D eigenvalue weighted by atomic mass is 35.5. The van der Waals surface area contributed by atoms with Crippen molar-refractivity contribution in [3.8, 4) is 16.9 Å². The van der Waals surface area contributed by atoms with Gasteiger partial charge in [0, 0.05) is 81.3 Å². The van der Waals surface area contributed by atoms with E-state index in [-0.39, 0.29) is 85.1 Å². The van der Waals surface area contributed by atoms with Gasteiger partial charge in [0.1, 0.15) is 11.9 Å². The van der Waals surface area contributed by atoms with Crippen LogP contribution < -0.4 is 31.5 Å². The lowest BCUT2D eigenvalue weighted by Gasteiger charge is -2.36. The number of ether oxygens (including phenoxy) is 5. The number of piperidine rings is 1. The SMILES string of the molecule is O=C(CCOCCOCCOCCOCCC(=O)N1CCN(c2ccc(NC3CCC(=O)NC3=O)cc2)CC1)NCCOCCNC(=O)c1cc(NC(=O)c2cc(-c3ccccn3)c(Cl)cc2Cl)n(-c2ccccc2)n1. The summed E-state index contributed by atoms with van der Waals surface area (Å²) in [4.78, 5) is 83.6. The Labute approximate surface area is 450 Å². The maximum Gasteiger partial charge on any atom is 0.271 e. The summed E-state index contributed by atoms with van der Waals surface area (Å²) in [5.41, 5.74) is 3.76. The zero-order valence-corrected chi connectivity index (χ0v) is 43.5. The topological polar surface area (TPSA) is 246 Å². The normalized spacial score (nSPS) is 14.5. The molecule has 0 saturated carbocycles. The third-order valence-corrected chi connectivity index (χ3v) is 12.6. The fraction of sp³-hybridized carbons (Fsp3) is 0.396. The molecule has 3 aromatic carbocycles. The van der Waals surface area contributed by atoms with E-state index in [2.05, 4.69) is 41.6 Å². The van der Waals surface area contributed by atoms with Gasteiger partial charge in [-0.1, -0.05) is 47.5 Å². The predicted molar refractivity (Wildman–Crippen MR) is 285 cm³/mol. The van der Waals surface area contributed by atoms with Crippen molar-refractivity contribution in [2.45, 2.75) is 31.7 Å². The van der Waals surface area contributed by atoms with E-state index in [0.717, 1.165) is 11.4 Å². The molecule has 0 aliphatic carbocycles. The fourth-order valence-electron chi connectivity index (χ4n) is 8.01. The number of benzene rings is 3. The zero-order chi connectivity index (χ0) is 53.5. The van der Waals surface area contributed by atoms with Crippen LogP contribution in [-0.4, -0.2) is 166 Å². The molecular formula is C53H62Cl2N10O11.